The highest BCUT2D eigenvalue weighted by molar-refractivity contribution is 6.31. The molecule has 0 saturated carbocycles. The zero-order chi connectivity index (χ0) is 14.0. The van der Waals surface area contributed by atoms with E-state index in [-0.39, 0.29) is 10.9 Å². The second-order valence-corrected chi connectivity index (χ2v) is 3.75. The highest BCUT2D eigenvalue weighted by Gasteiger charge is 2.34. The zero-order valence-electron chi connectivity index (χ0n) is 9.03. The van der Waals surface area contributed by atoms with Crippen LogP contribution in [-0.2, 0) is 6.18 Å². The Hall–Kier alpha value is -2.09. The van der Waals surface area contributed by atoms with Gasteiger partial charge in [0.15, 0.2) is 5.69 Å². The van der Waals surface area contributed by atoms with Gasteiger partial charge in [-0.25, -0.2) is 9.78 Å². The SMILES string of the molecule is O=C(Oc1ncccc1Cl)c1cc(C(F)(F)F)n[nH]1. The largest absolute Gasteiger partial charge is 0.435 e. The van der Waals surface area contributed by atoms with Crippen molar-refractivity contribution in [1.82, 2.24) is 15.2 Å². The predicted molar refractivity (Wildman–Crippen MR) is 57.8 cm³/mol. The number of hydrogen-bond donors (Lipinski definition) is 1. The monoisotopic (exact) mass is 291 g/mol. The van der Waals surface area contributed by atoms with Gasteiger partial charge in [-0.15, -0.1) is 0 Å². The van der Waals surface area contributed by atoms with Crippen molar-refractivity contribution in [2.75, 3.05) is 0 Å². The average molecular weight is 292 g/mol. The van der Waals surface area contributed by atoms with Crippen molar-refractivity contribution >= 4 is 17.6 Å². The number of halogens is 4. The van der Waals surface area contributed by atoms with Crippen molar-refractivity contribution in [3.63, 3.8) is 0 Å². The van der Waals surface area contributed by atoms with Crippen LogP contribution in [0.15, 0.2) is 24.4 Å². The summed E-state index contributed by atoms with van der Waals surface area (Å²) in [5.41, 5.74) is -1.67. The Kier molecular flexibility index (Phi) is 3.43. The third kappa shape index (κ3) is 3.02. The van der Waals surface area contributed by atoms with Crippen molar-refractivity contribution < 1.29 is 22.7 Å². The van der Waals surface area contributed by atoms with Crippen LogP contribution in [0.1, 0.15) is 16.2 Å². The molecule has 0 atom stereocenters. The van der Waals surface area contributed by atoms with Gasteiger partial charge in [0.1, 0.15) is 10.7 Å². The van der Waals surface area contributed by atoms with Crippen LogP contribution in [0, 0.1) is 0 Å². The quantitative estimate of drug-likeness (QED) is 0.864. The van der Waals surface area contributed by atoms with Gasteiger partial charge in [-0.3, -0.25) is 5.10 Å². The van der Waals surface area contributed by atoms with E-state index >= 15 is 0 Å². The average Bonchev–Trinajstić information content (AvgIpc) is 2.81. The molecule has 0 aromatic carbocycles. The summed E-state index contributed by atoms with van der Waals surface area (Å²) in [7, 11) is 0. The van der Waals surface area contributed by atoms with Gasteiger partial charge in [0.05, 0.1) is 0 Å². The van der Waals surface area contributed by atoms with Crippen molar-refractivity contribution in [2.24, 2.45) is 0 Å². The van der Waals surface area contributed by atoms with Gasteiger partial charge in [-0.2, -0.15) is 18.3 Å². The maximum atomic E-state index is 12.3. The first-order chi connectivity index (χ1) is 8.88. The smallest absolute Gasteiger partial charge is 0.401 e. The molecule has 1 N–H and O–H groups in total. The van der Waals surface area contributed by atoms with Crippen LogP contribution in [0.2, 0.25) is 5.02 Å². The predicted octanol–water partition coefficient (Wildman–Crippen LogP) is 2.70. The number of carbonyl (C=O) groups is 1. The molecule has 2 heterocycles. The first-order valence-electron chi connectivity index (χ1n) is 4.83. The lowest BCUT2D eigenvalue weighted by molar-refractivity contribution is -0.141. The van der Waals surface area contributed by atoms with E-state index in [9.17, 15) is 18.0 Å². The number of alkyl halides is 3. The zero-order valence-corrected chi connectivity index (χ0v) is 9.79. The summed E-state index contributed by atoms with van der Waals surface area (Å²) in [6.45, 7) is 0. The van der Waals surface area contributed by atoms with E-state index < -0.39 is 23.5 Å². The summed E-state index contributed by atoms with van der Waals surface area (Å²) in [5, 5.41) is 4.97. The van der Waals surface area contributed by atoms with Crippen molar-refractivity contribution in [1.29, 1.82) is 0 Å². The topological polar surface area (TPSA) is 67.9 Å². The number of esters is 1. The van der Waals surface area contributed by atoms with E-state index in [2.05, 4.69) is 10.1 Å². The number of aromatic nitrogens is 3. The number of aromatic amines is 1. The highest BCUT2D eigenvalue weighted by Crippen LogP contribution is 2.28. The number of pyridine rings is 1. The van der Waals surface area contributed by atoms with Gasteiger partial charge in [0.2, 0.25) is 5.88 Å². The normalized spacial score (nSPS) is 11.4. The van der Waals surface area contributed by atoms with Crippen LogP contribution in [0.4, 0.5) is 13.2 Å². The fourth-order valence-electron chi connectivity index (χ4n) is 1.16. The molecule has 0 radical (unpaired) electrons. The van der Waals surface area contributed by atoms with E-state index in [1.54, 1.807) is 0 Å². The molecular formula is C10H5ClF3N3O2. The molecule has 0 fully saturated rings. The van der Waals surface area contributed by atoms with Crippen molar-refractivity contribution in [3.8, 4) is 5.88 Å². The van der Waals surface area contributed by atoms with Gasteiger partial charge < -0.3 is 4.74 Å². The third-order valence-electron chi connectivity index (χ3n) is 2.00. The van der Waals surface area contributed by atoms with Gasteiger partial charge >= 0.3 is 12.1 Å². The van der Waals surface area contributed by atoms with Gasteiger partial charge in [-0.05, 0) is 12.1 Å². The molecule has 0 aliphatic rings. The Morgan fingerprint density at radius 1 is 1.42 bits per heavy atom. The van der Waals surface area contributed by atoms with E-state index in [1.165, 1.54) is 18.3 Å². The lowest BCUT2D eigenvalue weighted by Crippen LogP contribution is -2.10. The fraction of sp³-hybridized carbons (Fsp3) is 0.100. The molecule has 100 valence electrons. The van der Waals surface area contributed by atoms with Crippen LogP contribution in [0.3, 0.4) is 0 Å². The summed E-state index contributed by atoms with van der Waals surface area (Å²) >= 11 is 5.69. The number of nitrogens with zero attached hydrogens (tertiary/aromatic N) is 2. The Labute approximate surface area is 109 Å². The molecule has 2 aromatic rings. The van der Waals surface area contributed by atoms with Crippen molar-refractivity contribution in [3.05, 3.63) is 40.8 Å². The maximum absolute atomic E-state index is 12.3. The second-order valence-electron chi connectivity index (χ2n) is 3.34. The fourth-order valence-corrected chi connectivity index (χ4v) is 1.32. The number of carbonyl (C=O) groups excluding carboxylic acids is 1. The molecule has 0 saturated heterocycles. The number of rotatable bonds is 2. The first-order valence-corrected chi connectivity index (χ1v) is 5.21. The summed E-state index contributed by atoms with van der Waals surface area (Å²) in [6.07, 6.45) is -3.32. The van der Waals surface area contributed by atoms with Crippen molar-refractivity contribution in [2.45, 2.75) is 6.18 Å². The molecule has 0 amide bonds. The number of nitrogens with one attached hydrogen (secondary N) is 1. The second kappa shape index (κ2) is 4.88. The maximum Gasteiger partial charge on any atom is 0.435 e. The Balaban J connectivity index is 2.17. The summed E-state index contributed by atoms with van der Waals surface area (Å²) in [4.78, 5) is 15.2. The Bertz CT molecular complexity index is 612. The molecular weight excluding hydrogens is 287 g/mol. The Morgan fingerprint density at radius 3 is 2.74 bits per heavy atom. The molecule has 0 bridgehead atoms. The van der Waals surface area contributed by atoms with Gasteiger partial charge in [0, 0.05) is 12.3 Å². The van der Waals surface area contributed by atoms with Crippen LogP contribution >= 0.6 is 11.6 Å². The molecule has 0 spiro atoms. The molecule has 2 rings (SSSR count). The molecule has 0 unspecified atom stereocenters. The lowest BCUT2D eigenvalue weighted by Gasteiger charge is -2.02. The molecule has 19 heavy (non-hydrogen) atoms. The van der Waals surface area contributed by atoms with Gasteiger partial charge in [0.25, 0.3) is 0 Å². The molecule has 5 nitrogen and oxygen atoms in total. The Morgan fingerprint density at radius 2 is 2.16 bits per heavy atom. The van der Waals surface area contributed by atoms with E-state index in [0.29, 0.717) is 6.07 Å². The summed E-state index contributed by atoms with van der Waals surface area (Å²) < 4.78 is 41.6. The third-order valence-corrected chi connectivity index (χ3v) is 2.29. The minimum atomic E-state index is -4.64. The van der Waals surface area contributed by atoms with E-state index in [0.717, 1.165) is 0 Å². The summed E-state index contributed by atoms with van der Waals surface area (Å²) in [6, 6.07) is 3.47. The van der Waals surface area contributed by atoms with E-state index in [4.69, 9.17) is 16.3 Å². The molecule has 0 aliphatic carbocycles. The molecule has 2 aromatic heterocycles. The molecule has 0 aliphatic heterocycles. The van der Waals surface area contributed by atoms with Crippen LogP contribution < -0.4 is 4.74 Å². The summed E-state index contributed by atoms with van der Waals surface area (Å²) in [5.74, 6) is -1.26. The number of hydrogen-bond acceptors (Lipinski definition) is 4. The van der Waals surface area contributed by atoms with Crippen LogP contribution in [0.5, 0.6) is 5.88 Å². The first kappa shape index (κ1) is 13.3. The number of H-pyrrole nitrogens is 1. The highest BCUT2D eigenvalue weighted by atomic mass is 35.5. The van der Waals surface area contributed by atoms with E-state index in [1.807, 2.05) is 5.10 Å². The minimum absolute atomic E-state index is 0.0615. The molecule has 9 heteroatoms. The van der Waals surface area contributed by atoms with Crippen LogP contribution in [0.25, 0.3) is 0 Å². The van der Waals surface area contributed by atoms with Crippen LogP contribution in [-0.4, -0.2) is 21.2 Å². The number of ether oxygens (including phenoxy) is 1. The van der Waals surface area contributed by atoms with Gasteiger partial charge in [-0.1, -0.05) is 11.6 Å². The lowest BCUT2D eigenvalue weighted by atomic mass is 10.3. The minimum Gasteiger partial charge on any atom is -0.401 e. The standard InChI is InChI=1S/C10H5ClF3N3O2/c11-5-2-1-3-15-8(5)19-9(18)6-4-7(17-16-6)10(12,13)14/h1-4H,(H,16,17).